The van der Waals surface area contributed by atoms with Crippen LogP contribution < -0.4 is 9.47 Å². The minimum absolute atomic E-state index is 0.00643. The summed E-state index contributed by atoms with van der Waals surface area (Å²) in [4.78, 5) is 10.9. The standard InChI is InChI=1S/C30H36FN3O3/c1-20(13-21-5-7-24(31)8-6-21)17-33-9-11-34(12-10-33)18-29-26-19-36-28-15-23(14-22-3-4-22)27(35-2)16-25(28)30(26)32-37-29/h5-8,13,15-16,22,26,29H,3-4,9-12,14,17-19H2,1-2H3/b20-13+. The van der Waals surface area contributed by atoms with Crippen LogP contribution in [0.2, 0.25) is 0 Å². The van der Waals surface area contributed by atoms with Crippen LogP contribution in [0.1, 0.15) is 36.5 Å². The molecule has 37 heavy (non-hydrogen) atoms. The van der Waals surface area contributed by atoms with Gasteiger partial charge in [-0.15, -0.1) is 0 Å². The van der Waals surface area contributed by atoms with Crippen molar-refractivity contribution >= 4 is 11.8 Å². The summed E-state index contributed by atoms with van der Waals surface area (Å²) >= 11 is 0. The van der Waals surface area contributed by atoms with Gasteiger partial charge in [-0.1, -0.05) is 28.9 Å². The minimum atomic E-state index is -0.198. The number of nitrogens with zero attached hydrogens (tertiary/aromatic N) is 3. The second kappa shape index (κ2) is 10.5. The highest BCUT2D eigenvalue weighted by atomic mass is 19.1. The zero-order chi connectivity index (χ0) is 25.4. The maximum atomic E-state index is 13.2. The number of benzene rings is 2. The van der Waals surface area contributed by atoms with Crippen LogP contribution in [0.3, 0.4) is 0 Å². The maximum Gasteiger partial charge on any atom is 0.151 e. The summed E-state index contributed by atoms with van der Waals surface area (Å²) < 4.78 is 25.1. The first kappa shape index (κ1) is 24.4. The fourth-order valence-electron chi connectivity index (χ4n) is 5.75. The molecular formula is C30H36FN3O3. The Morgan fingerprint density at radius 1 is 1.11 bits per heavy atom. The average Bonchev–Trinajstić information content (AvgIpc) is 3.63. The SMILES string of the molecule is COc1cc2c(cc1CC1CC1)OCC1C2=NOC1CN1CCN(C/C(C)=C/c2ccc(F)cc2)CC1. The molecule has 2 aromatic rings. The predicted octanol–water partition coefficient (Wildman–Crippen LogP) is 4.62. The van der Waals surface area contributed by atoms with Crippen LogP contribution in [0.25, 0.3) is 6.08 Å². The van der Waals surface area contributed by atoms with E-state index >= 15 is 0 Å². The number of methoxy groups -OCH3 is 1. The van der Waals surface area contributed by atoms with E-state index in [1.807, 2.05) is 12.1 Å². The molecule has 0 aromatic heterocycles. The Morgan fingerprint density at radius 2 is 1.86 bits per heavy atom. The van der Waals surface area contributed by atoms with Gasteiger partial charge in [0.25, 0.3) is 0 Å². The molecule has 2 fully saturated rings. The first-order chi connectivity index (χ1) is 18.1. The molecule has 2 unspecified atom stereocenters. The zero-order valence-electron chi connectivity index (χ0n) is 21.8. The van der Waals surface area contributed by atoms with Gasteiger partial charge in [-0.25, -0.2) is 4.39 Å². The summed E-state index contributed by atoms with van der Waals surface area (Å²) in [6.45, 7) is 8.57. The highest BCUT2D eigenvalue weighted by molar-refractivity contribution is 6.06. The van der Waals surface area contributed by atoms with Crippen LogP contribution in [0, 0.1) is 17.7 Å². The topological polar surface area (TPSA) is 46.5 Å². The van der Waals surface area contributed by atoms with Crippen molar-refractivity contribution in [1.29, 1.82) is 0 Å². The van der Waals surface area contributed by atoms with Crippen LogP contribution in [0.15, 0.2) is 47.1 Å². The van der Waals surface area contributed by atoms with E-state index in [2.05, 4.69) is 40.1 Å². The molecule has 3 heterocycles. The molecule has 0 bridgehead atoms. The summed E-state index contributed by atoms with van der Waals surface area (Å²) in [5.74, 6) is 2.58. The molecule has 0 radical (unpaired) electrons. The Kier molecular flexibility index (Phi) is 6.91. The second-order valence-corrected chi connectivity index (χ2v) is 11.0. The number of fused-ring (bicyclic) bond motifs is 3. The van der Waals surface area contributed by atoms with Crippen molar-refractivity contribution in [3.05, 3.63) is 64.5 Å². The zero-order valence-corrected chi connectivity index (χ0v) is 21.8. The molecule has 1 aliphatic carbocycles. The fourth-order valence-corrected chi connectivity index (χ4v) is 5.75. The van der Waals surface area contributed by atoms with E-state index in [9.17, 15) is 4.39 Å². The molecule has 3 aliphatic heterocycles. The first-order valence-corrected chi connectivity index (χ1v) is 13.5. The van der Waals surface area contributed by atoms with Crippen LogP contribution in [0.5, 0.6) is 11.5 Å². The second-order valence-electron chi connectivity index (χ2n) is 11.0. The number of ether oxygens (including phenoxy) is 2. The van der Waals surface area contributed by atoms with Crippen molar-refractivity contribution in [2.75, 3.05) is 53.0 Å². The van der Waals surface area contributed by atoms with Gasteiger partial charge in [0, 0.05) is 44.8 Å². The number of hydrogen-bond donors (Lipinski definition) is 0. The van der Waals surface area contributed by atoms with E-state index in [0.717, 1.165) is 79.9 Å². The third-order valence-electron chi connectivity index (χ3n) is 8.03. The monoisotopic (exact) mass is 505 g/mol. The molecular weight excluding hydrogens is 469 g/mol. The van der Waals surface area contributed by atoms with Crippen molar-refractivity contribution in [2.45, 2.75) is 32.3 Å². The van der Waals surface area contributed by atoms with Gasteiger partial charge in [0.05, 0.1) is 13.0 Å². The molecule has 2 aromatic carbocycles. The van der Waals surface area contributed by atoms with E-state index in [1.54, 1.807) is 7.11 Å². The number of halogens is 1. The van der Waals surface area contributed by atoms with Crippen LogP contribution in [-0.4, -0.2) is 74.6 Å². The number of hydrogen-bond acceptors (Lipinski definition) is 6. The van der Waals surface area contributed by atoms with Crippen molar-refractivity contribution in [2.24, 2.45) is 17.0 Å². The summed E-state index contributed by atoms with van der Waals surface area (Å²) in [7, 11) is 1.74. The lowest BCUT2D eigenvalue weighted by atomic mass is 9.89. The van der Waals surface area contributed by atoms with Gasteiger partial charge < -0.3 is 14.3 Å². The third-order valence-corrected chi connectivity index (χ3v) is 8.03. The summed E-state index contributed by atoms with van der Waals surface area (Å²) in [5, 5.41) is 4.54. The predicted molar refractivity (Wildman–Crippen MR) is 143 cm³/mol. The molecule has 196 valence electrons. The molecule has 7 heteroatoms. The van der Waals surface area contributed by atoms with Gasteiger partial charge in [0.15, 0.2) is 6.10 Å². The Hall–Kier alpha value is -2.90. The minimum Gasteiger partial charge on any atom is -0.496 e. The van der Waals surface area contributed by atoms with E-state index in [4.69, 9.17) is 14.3 Å². The van der Waals surface area contributed by atoms with Gasteiger partial charge in [-0.05, 0) is 67.5 Å². The fraction of sp³-hybridized carbons (Fsp3) is 0.500. The molecule has 6 rings (SSSR count). The molecule has 0 spiro atoms. The van der Waals surface area contributed by atoms with E-state index in [0.29, 0.717) is 6.61 Å². The smallest absolute Gasteiger partial charge is 0.151 e. The maximum absolute atomic E-state index is 13.2. The van der Waals surface area contributed by atoms with Crippen molar-refractivity contribution in [1.82, 2.24) is 9.80 Å². The Balaban J connectivity index is 1.03. The largest absolute Gasteiger partial charge is 0.496 e. The van der Waals surface area contributed by atoms with Crippen LogP contribution in [-0.2, 0) is 11.3 Å². The van der Waals surface area contributed by atoms with E-state index in [-0.39, 0.29) is 17.8 Å². The highest BCUT2D eigenvalue weighted by Crippen LogP contribution is 2.41. The Bertz CT molecular complexity index is 1180. The van der Waals surface area contributed by atoms with Crippen LogP contribution in [0.4, 0.5) is 4.39 Å². The lowest BCUT2D eigenvalue weighted by Crippen LogP contribution is -2.50. The molecule has 1 saturated carbocycles. The molecule has 6 nitrogen and oxygen atoms in total. The third kappa shape index (κ3) is 5.53. The number of oxime groups is 1. The van der Waals surface area contributed by atoms with Crippen molar-refractivity contribution < 1.29 is 18.7 Å². The molecule has 1 saturated heterocycles. The summed E-state index contributed by atoms with van der Waals surface area (Å²) in [6, 6.07) is 10.9. The van der Waals surface area contributed by atoms with E-state index in [1.165, 1.54) is 36.1 Å². The number of rotatable bonds is 8. The van der Waals surface area contributed by atoms with Gasteiger partial charge in [0.2, 0.25) is 0 Å². The van der Waals surface area contributed by atoms with Gasteiger partial charge in [0.1, 0.15) is 29.6 Å². The molecule has 4 aliphatic rings. The summed E-state index contributed by atoms with van der Waals surface area (Å²) in [6.07, 6.45) is 5.83. The van der Waals surface area contributed by atoms with Crippen molar-refractivity contribution in [3.8, 4) is 11.5 Å². The Morgan fingerprint density at radius 3 is 2.59 bits per heavy atom. The van der Waals surface area contributed by atoms with Gasteiger partial charge in [-0.3, -0.25) is 9.80 Å². The highest BCUT2D eigenvalue weighted by Gasteiger charge is 2.41. The number of piperazine rings is 1. The Labute approximate surface area is 218 Å². The van der Waals surface area contributed by atoms with Gasteiger partial charge >= 0.3 is 0 Å². The lowest BCUT2D eigenvalue weighted by molar-refractivity contribution is 0.0101. The van der Waals surface area contributed by atoms with Crippen molar-refractivity contribution in [3.63, 3.8) is 0 Å². The molecule has 2 atom stereocenters. The van der Waals surface area contributed by atoms with Crippen LogP contribution >= 0.6 is 0 Å². The molecule has 0 amide bonds. The molecule has 0 N–H and O–H groups in total. The van der Waals surface area contributed by atoms with Gasteiger partial charge in [-0.2, -0.15) is 0 Å². The quantitative estimate of drug-likeness (QED) is 0.524. The first-order valence-electron chi connectivity index (χ1n) is 13.5. The lowest BCUT2D eigenvalue weighted by Gasteiger charge is -2.36. The average molecular weight is 506 g/mol. The normalized spacial score (nSPS) is 24.1. The van der Waals surface area contributed by atoms with E-state index < -0.39 is 0 Å². The summed E-state index contributed by atoms with van der Waals surface area (Å²) in [5.41, 5.74) is 5.58.